The van der Waals surface area contributed by atoms with Crippen molar-refractivity contribution in [3.8, 4) is 0 Å². The second-order valence-corrected chi connectivity index (χ2v) is 6.76. The summed E-state index contributed by atoms with van der Waals surface area (Å²) < 4.78 is 5.69. The van der Waals surface area contributed by atoms with Gasteiger partial charge >= 0.3 is 0 Å². The van der Waals surface area contributed by atoms with Gasteiger partial charge in [0, 0.05) is 25.7 Å². The summed E-state index contributed by atoms with van der Waals surface area (Å²) in [4.78, 5) is 2.51. The summed E-state index contributed by atoms with van der Waals surface area (Å²) >= 11 is 0. The Labute approximate surface area is 129 Å². The highest BCUT2D eigenvalue weighted by molar-refractivity contribution is 5.22. The van der Waals surface area contributed by atoms with Crippen LogP contribution in [0.5, 0.6) is 0 Å². The second-order valence-electron chi connectivity index (χ2n) is 6.76. The molecule has 3 nitrogen and oxygen atoms in total. The van der Waals surface area contributed by atoms with Crippen LogP contribution in [0, 0.1) is 5.92 Å². The average molecular weight is 290 g/mol. The van der Waals surface area contributed by atoms with Gasteiger partial charge in [0.25, 0.3) is 0 Å². The number of ether oxygens (including phenoxy) is 1. The molecule has 1 aliphatic rings. The Morgan fingerprint density at radius 1 is 1.19 bits per heavy atom. The van der Waals surface area contributed by atoms with Crippen LogP contribution in [0.3, 0.4) is 0 Å². The minimum atomic E-state index is 0.348. The molecule has 1 aromatic carbocycles. The number of rotatable bonds is 6. The standard InChI is InChI=1S/C18H30N2O/c1-14(2)9-19-10-17-5-7-18(8-6-17)12-20-11-16(4)21-13-15(20)3/h5-8,14-16,19H,9-13H2,1-4H3. The summed E-state index contributed by atoms with van der Waals surface area (Å²) in [7, 11) is 0. The van der Waals surface area contributed by atoms with E-state index in [1.165, 1.54) is 11.1 Å². The zero-order chi connectivity index (χ0) is 15.2. The van der Waals surface area contributed by atoms with Crippen molar-refractivity contribution >= 4 is 0 Å². The van der Waals surface area contributed by atoms with Crippen LogP contribution >= 0.6 is 0 Å². The van der Waals surface area contributed by atoms with Crippen molar-refractivity contribution in [2.24, 2.45) is 5.92 Å². The van der Waals surface area contributed by atoms with Crippen LogP contribution in [-0.4, -0.2) is 36.7 Å². The third-order valence-electron chi connectivity index (χ3n) is 4.03. The number of nitrogens with zero attached hydrogens (tertiary/aromatic N) is 1. The van der Waals surface area contributed by atoms with Crippen molar-refractivity contribution in [3.05, 3.63) is 35.4 Å². The van der Waals surface area contributed by atoms with E-state index in [0.717, 1.165) is 32.8 Å². The molecule has 1 N–H and O–H groups in total. The maximum absolute atomic E-state index is 5.69. The molecule has 0 saturated carbocycles. The molecule has 1 heterocycles. The van der Waals surface area contributed by atoms with E-state index in [9.17, 15) is 0 Å². The molecule has 1 fully saturated rings. The topological polar surface area (TPSA) is 24.5 Å². The maximum Gasteiger partial charge on any atom is 0.0674 e. The van der Waals surface area contributed by atoms with Gasteiger partial charge in [0.2, 0.25) is 0 Å². The van der Waals surface area contributed by atoms with Crippen molar-refractivity contribution in [2.45, 2.75) is 52.9 Å². The lowest BCUT2D eigenvalue weighted by Crippen LogP contribution is -2.46. The maximum atomic E-state index is 5.69. The van der Waals surface area contributed by atoms with Crippen LogP contribution in [0.2, 0.25) is 0 Å². The molecule has 118 valence electrons. The SMILES string of the molecule is CC(C)CNCc1ccc(CN2CC(C)OCC2C)cc1. The highest BCUT2D eigenvalue weighted by Gasteiger charge is 2.23. The molecule has 0 spiro atoms. The number of benzene rings is 1. The summed E-state index contributed by atoms with van der Waals surface area (Å²) in [5.41, 5.74) is 2.76. The predicted octanol–water partition coefficient (Wildman–Crippen LogP) is 3.04. The Balaban J connectivity index is 1.84. The molecule has 2 atom stereocenters. The Hall–Kier alpha value is -0.900. The van der Waals surface area contributed by atoms with E-state index < -0.39 is 0 Å². The molecule has 1 saturated heterocycles. The molecule has 3 heteroatoms. The van der Waals surface area contributed by atoms with E-state index in [4.69, 9.17) is 4.74 Å². The van der Waals surface area contributed by atoms with Crippen LogP contribution in [0.25, 0.3) is 0 Å². The molecular formula is C18H30N2O. The van der Waals surface area contributed by atoms with Crippen molar-refractivity contribution < 1.29 is 4.74 Å². The van der Waals surface area contributed by atoms with E-state index in [1.807, 2.05) is 0 Å². The molecule has 21 heavy (non-hydrogen) atoms. The van der Waals surface area contributed by atoms with Gasteiger partial charge in [0.1, 0.15) is 0 Å². The molecule has 2 unspecified atom stereocenters. The van der Waals surface area contributed by atoms with Crippen LogP contribution in [-0.2, 0) is 17.8 Å². The number of hydrogen-bond donors (Lipinski definition) is 1. The van der Waals surface area contributed by atoms with Crippen molar-refractivity contribution in [1.82, 2.24) is 10.2 Å². The van der Waals surface area contributed by atoms with Gasteiger partial charge in [-0.3, -0.25) is 4.90 Å². The summed E-state index contributed by atoms with van der Waals surface area (Å²) in [6.07, 6.45) is 0.348. The van der Waals surface area contributed by atoms with Gasteiger partial charge < -0.3 is 10.1 Å². The van der Waals surface area contributed by atoms with Gasteiger partial charge in [-0.25, -0.2) is 0 Å². The quantitative estimate of drug-likeness (QED) is 0.871. The highest BCUT2D eigenvalue weighted by atomic mass is 16.5. The number of nitrogens with one attached hydrogen (secondary N) is 1. The fourth-order valence-electron chi connectivity index (χ4n) is 2.69. The Kier molecular flexibility index (Phi) is 6.22. The Morgan fingerprint density at radius 3 is 2.52 bits per heavy atom. The zero-order valence-electron chi connectivity index (χ0n) is 13.9. The molecule has 0 aliphatic carbocycles. The molecular weight excluding hydrogens is 260 g/mol. The number of hydrogen-bond acceptors (Lipinski definition) is 3. The summed E-state index contributed by atoms with van der Waals surface area (Å²) in [5.74, 6) is 0.703. The minimum Gasteiger partial charge on any atom is -0.376 e. The largest absolute Gasteiger partial charge is 0.376 e. The van der Waals surface area contributed by atoms with E-state index in [1.54, 1.807) is 0 Å². The lowest BCUT2D eigenvalue weighted by molar-refractivity contribution is -0.0526. The normalized spacial score (nSPS) is 23.7. The third kappa shape index (κ3) is 5.42. The first-order valence-corrected chi connectivity index (χ1v) is 8.18. The van der Waals surface area contributed by atoms with E-state index in [0.29, 0.717) is 18.1 Å². The molecule has 0 radical (unpaired) electrons. The molecule has 1 aliphatic heterocycles. The Bertz CT molecular complexity index is 416. The first kappa shape index (κ1) is 16.5. The summed E-state index contributed by atoms with van der Waals surface area (Å²) in [5, 5.41) is 3.49. The van der Waals surface area contributed by atoms with Gasteiger partial charge in [-0.1, -0.05) is 38.1 Å². The van der Waals surface area contributed by atoms with Gasteiger partial charge in [0.15, 0.2) is 0 Å². The van der Waals surface area contributed by atoms with Gasteiger partial charge in [-0.2, -0.15) is 0 Å². The summed E-state index contributed by atoms with van der Waals surface area (Å²) in [6, 6.07) is 9.53. The van der Waals surface area contributed by atoms with Gasteiger partial charge in [0.05, 0.1) is 12.7 Å². The fraction of sp³-hybridized carbons (Fsp3) is 0.667. The molecule has 0 bridgehead atoms. The second kappa shape index (κ2) is 7.92. The number of morpholine rings is 1. The van der Waals surface area contributed by atoms with E-state index >= 15 is 0 Å². The fourth-order valence-corrected chi connectivity index (χ4v) is 2.69. The first-order valence-electron chi connectivity index (χ1n) is 8.18. The molecule has 0 amide bonds. The van der Waals surface area contributed by atoms with Crippen LogP contribution in [0.1, 0.15) is 38.8 Å². The van der Waals surface area contributed by atoms with Crippen LogP contribution < -0.4 is 5.32 Å². The lowest BCUT2D eigenvalue weighted by atomic mass is 10.1. The van der Waals surface area contributed by atoms with E-state index in [-0.39, 0.29) is 0 Å². The molecule has 2 rings (SSSR count). The highest BCUT2D eigenvalue weighted by Crippen LogP contribution is 2.15. The Morgan fingerprint density at radius 2 is 1.86 bits per heavy atom. The van der Waals surface area contributed by atoms with Crippen LogP contribution in [0.15, 0.2) is 24.3 Å². The van der Waals surface area contributed by atoms with Crippen molar-refractivity contribution in [3.63, 3.8) is 0 Å². The molecule has 1 aromatic rings. The van der Waals surface area contributed by atoms with Crippen molar-refractivity contribution in [1.29, 1.82) is 0 Å². The van der Waals surface area contributed by atoms with Gasteiger partial charge in [-0.05, 0) is 37.4 Å². The van der Waals surface area contributed by atoms with Gasteiger partial charge in [-0.15, -0.1) is 0 Å². The average Bonchev–Trinajstić information content (AvgIpc) is 2.44. The first-order chi connectivity index (χ1) is 10.0. The van der Waals surface area contributed by atoms with E-state index in [2.05, 4.69) is 62.2 Å². The van der Waals surface area contributed by atoms with Crippen LogP contribution in [0.4, 0.5) is 0 Å². The predicted molar refractivity (Wildman–Crippen MR) is 88.3 cm³/mol. The zero-order valence-corrected chi connectivity index (χ0v) is 13.9. The van der Waals surface area contributed by atoms with Crippen molar-refractivity contribution in [2.75, 3.05) is 19.7 Å². The lowest BCUT2D eigenvalue weighted by Gasteiger charge is -2.36. The minimum absolute atomic E-state index is 0.348. The molecule has 0 aromatic heterocycles. The third-order valence-corrected chi connectivity index (χ3v) is 4.03. The smallest absolute Gasteiger partial charge is 0.0674 e. The summed E-state index contributed by atoms with van der Waals surface area (Å²) in [6.45, 7) is 13.8. The monoisotopic (exact) mass is 290 g/mol.